The molecule has 0 fully saturated rings. The van der Waals surface area contributed by atoms with Crippen LogP contribution < -0.4 is 5.73 Å². The third-order valence-electron chi connectivity index (χ3n) is 3.01. The summed E-state index contributed by atoms with van der Waals surface area (Å²) in [5.74, 6) is 2.40. The number of nitrogen functional groups attached to an aromatic ring is 1. The molecule has 5 nitrogen and oxygen atoms in total. The molecule has 0 amide bonds. The van der Waals surface area contributed by atoms with Gasteiger partial charge in [0.25, 0.3) is 0 Å². The van der Waals surface area contributed by atoms with E-state index in [1.807, 2.05) is 6.92 Å². The molecule has 0 unspecified atom stereocenters. The maximum Gasteiger partial charge on any atom is 0.306 e. The van der Waals surface area contributed by atoms with Gasteiger partial charge in [-0.05, 0) is 19.4 Å². The molecule has 20 heavy (non-hydrogen) atoms. The molecule has 2 N–H and O–H groups in total. The number of thiophene rings is 1. The van der Waals surface area contributed by atoms with Gasteiger partial charge in [-0.1, -0.05) is 0 Å². The van der Waals surface area contributed by atoms with Crippen molar-refractivity contribution < 1.29 is 9.53 Å². The van der Waals surface area contributed by atoms with Crippen LogP contribution >= 0.6 is 23.1 Å². The number of nitrogens with two attached hydrogens (primary N) is 1. The van der Waals surface area contributed by atoms with E-state index in [0.717, 1.165) is 15.8 Å². The summed E-state index contributed by atoms with van der Waals surface area (Å²) >= 11 is 3.24. The Morgan fingerprint density at radius 3 is 2.85 bits per heavy atom. The van der Waals surface area contributed by atoms with Gasteiger partial charge in [-0.25, -0.2) is 9.97 Å². The van der Waals surface area contributed by atoms with Gasteiger partial charge in [-0.2, -0.15) is 11.8 Å². The van der Waals surface area contributed by atoms with Crippen molar-refractivity contribution in [3.8, 4) is 0 Å². The number of ether oxygens (including phenoxy) is 1. The summed E-state index contributed by atoms with van der Waals surface area (Å²) in [6, 6.07) is 0. The van der Waals surface area contributed by atoms with E-state index in [2.05, 4.69) is 21.6 Å². The molecule has 2 aromatic rings. The van der Waals surface area contributed by atoms with Crippen molar-refractivity contribution in [2.75, 3.05) is 18.6 Å². The van der Waals surface area contributed by atoms with Crippen molar-refractivity contribution in [3.63, 3.8) is 0 Å². The number of aromatic nitrogens is 2. The molecule has 2 heterocycles. The van der Waals surface area contributed by atoms with Crippen molar-refractivity contribution in [3.05, 3.63) is 16.3 Å². The molecule has 0 aromatic carbocycles. The first-order valence-corrected chi connectivity index (χ1v) is 8.16. The summed E-state index contributed by atoms with van der Waals surface area (Å²) in [6.45, 7) is 4.10. The van der Waals surface area contributed by atoms with Crippen molar-refractivity contribution in [1.29, 1.82) is 0 Å². The summed E-state index contributed by atoms with van der Waals surface area (Å²) in [6.07, 6.45) is 0.399. The van der Waals surface area contributed by atoms with Crippen molar-refractivity contribution in [2.45, 2.75) is 26.0 Å². The number of nitrogens with zero attached hydrogens (tertiary/aromatic N) is 2. The van der Waals surface area contributed by atoms with E-state index in [1.54, 1.807) is 23.1 Å². The Labute approximate surface area is 125 Å². The van der Waals surface area contributed by atoms with Crippen LogP contribution in [0.1, 0.15) is 22.7 Å². The fourth-order valence-corrected chi connectivity index (χ4v) is 3.64. The lowest BCUT2D eigenvalue weighted by Crippen LogP contribution is -2.02. The Kier molecular flexibility index (Phi) is 4.82. The van der Waals surface area contributed by atoms with Crippen molar-refractivity contribution in [1.82, 2.24) is 9.97 Å². The quantitative estimate of drug-likeness (QED) is 0.675. The third-order valence-corrected chi connectivity index (χ3v) is 5.07. The number of hydrogen-bond acceptors (Lipinski definition) is 7. The monoisotopic (exact) mass is 311 g/mol. The van der Waals surface area contributed by atoms with Crippen LogP contribution in [0.5, 0.6) is 0 Å². The lowest BCUT2D eigenvalue weighted by Gasteiger charge is -2.03. The largest absolute Gasteiger partial charge is 0.469 e. The van der Waals surface area contributed by atoms with Crippen LogP contribution in [-0.4, -0.2) is 28.8 Å². The molecule has 0 spiro atoms. The first-order chi connectivity index (χ1) is 9.52. The molecule has 7 heteroatoms. The van der Waals surface area contributed by atoms with Crippen LogP contribution in [0.2, 0.25) is 0 Å². The Balaban J connectivity index is 2.06. The van der Waals surface area contributed by atoms with Gasteiger partial charge in [-0.15, -0.1) is 11.3 Å². The fourth-order valence-electron chi connectivity index (χ4n) is 1.81. The minimum atomic E-state index is -0.196. The molecule has 0 saturated heterocycles. The number of hydrogen-bond donors (Lipinski definition) is 1. The minimum absolute atomic E-state index is 0.196. The standard InChI is InChI=1S/C13H17N3O2S2/c1-7-8(2)20-13-11(7)12(14)15-9(16-13)6-19-5-4-10(17)18-3/h4-6H2,1-3H3,(H2,14,15,16). The lowest BCUT2D eigenvalue weighted by atomic mass is 10.2. The number of aryl methyl sites for hydroxylation is 2. The number of fused-ring (bicyclic) bond motifs is 1. The summed E-state index contributed by atoms with van der Waals surface area (Å²) < 4.78 is 4.59. The highest BCUT2D eigenvalue weighted by molar-refractivity contribution is 7.98. The predicted molar refractivity (Wildman–Crippen MR) is 84.1 cm³/mol. The molecule has 108 valence electrons. The SMILES string of the molecule is COC(=O)CCSCc1nc(N)c2c(C)c(C)sc2n1. The smallest absolute Gasteiger partial charge is 0.306 e. The summed E-state index contributed by atoms with van der Waals surface area (Å²) in [5.41, 5.74) is 7.18. The number of anilines is 1. The number of carbonyl (C=O) groups is 1. The van der Waals surface area contributed by atoms with Gasteiger partial charge in [0.05, 0.1) is 24.7 Å². The van der Waals surface area contributed by atoms with E-state index in [9.17, 15) is 4.79 Å². The first-order valence-electron chi connectivity index (χ1n) is 6.19. The van der Waals surface area contributed by atoms with E-state index >= 15 is 0 Å². The van der Waals surface area contributed by atoms with E-state index < -0.39 is 0 Å². The number of rotatable bonds is 5. The van der Waals surface area contributed by atoms with Crippen LogP contribution in [0.25, 0.3) is 10.2 Å². The minimum Gasteiger partial charge on any atom is -0.469 e. The molecule has 0 atom stereocenters. The lowest BCUT2D eigenvalue weighted by molar-refractivity contribution is -0.140. The molecule has 2 aromatic heterocycles. The second kappa shape index (κ2) is 6.41. The zero-order chi connectivity index (χ0) is 14.7. The van der Waals surface area contributed by atoms with Gasteiger partial charge in [0.15, 0.2) is 0 Å². The first kappa shape index (κ1) is 15.1. The molecule has 0 aliphatic rings. The molecule has 0 radical (unpaired) electrons. The molecule has 0 aliphatic heterocycles. The van der Waals surface area contributed by atoms with Crippen molar-refractivity contribution in [2.24, 2.45) is 0 Å². The molecular formula is C13H17N3O2S2. The number of esters is 1. The fraction of sp³-hybridized carbons (Fsp3) is 0.462. The maximum absolute atomic E-state index is 11.0. The van der Waals surface area contributed by atoms with E-state index in [1.165, 1.54) is 12.0 Å². The summed E-state index contributed by atoms with van der Waals surface area (Å²) in [7, 11) is 1.40. The average molecular weight is 311 g/mol. The second-order valence-corrected chi connectivity index (χ2v) is 6.68. The third kappa shape index (κ3) is 3.21. The van der Waals surface area contributed by atoms with Crippen LogP contribution in [0.15, 0.2) is 0 Å². The Bertz CT molecular complexity index is 640. The van der Waals surface area contributed by atoms with E-state index in [0.29, 0.717) is 29.6 Å². The predicted octanol–water partition coefficient (Wildman–Crippen LogP) is 2.69. The molecular weight excluding hydrogens is 294 g/mol. The average Bonchev–Trinajstić information content (AvgIpc) is 2.70. The van der Waals surface area contributed by atoms with E-state index in [-0.39, 0.29) is 5.97 Å². The number of carbonyl (C=O) groups excluding carboxylic acids is 1. The summed E-state index contributed by atoms with van der Waals surface area (Å²) in [4.78, 5) is 22.1. The van der Waals surface area contributed by atoms with Crippen molar-refractivity contribution >= 4 is 45.1 Å². The maximum atomic E-state index is 11.0. The second-order valence-electron chi connectivity index (χ2n) is 4.37. The van der Waals surface area contributed by atoms with Gasteiger partial charge in [0.2, 0.25) is 0 Å². The number of methoxy groups -OCH3 is 1. The Morgan fingerprint density at radius 2 is 2.15 bits per heavy atom. The van der Waals surface area contributed by atoms with Gasteiger partial charge in [0.1, 0.15) is 16.5 Å². The normalized spacial score (nSPS) is 10.9. The van der Waals surface area contributed by atoms with Gasteiger partial charge in [-0.3, -0.25) is 4.79 Å². The highest BCUT2D eigenvalue weighted by Crippen LogP contribution is 2.32. The van der Waals surface area contributed by atoms with Crippen LogP contribution in [0.4, 0.5) is 5.82 Å². The Morgan fingerprint density at radius 1 is 1.40 bits per heavy atom. The van der Waals surface area contributed by atoms with Crippen LogP contribution in [0, 0.1) is 13.8 Å². The summed E-state index contributed by atoms with van der Waals surface area (Å²) in [5, 5.41) is 0.968. The highest BCUT2D eigenvalue weighted by Gasteiger charge is 2.12. The zero-order valence-corrected chi connectivity index (χ0v) is 13.4. The van der Waals surface area contributed by atoms with Crippen LogP contribution in [-0.2, 0) is 15.3 Å². The van der Waals surface area contributed by atoms with Gasteiger partial charge in [0, 0.05) is 10.6 Å². The Hall–Kier alpha value is -1.34. The molecule has 0 bridgehead atoms. The zero-order valence-electron chi connectivity index (χ0n) is 11.7. The van der Waals surface area contributed by atoms with Crippen LogP contribution in [0.3, 0.4) is 0 Å². The van der Waals surface area contributed by atoms with Gasteiger partial charge < -0.3 is 10.5 Å². The molecule has 0 saturated carbocycles. The highest BCUT2D eigenvalue weighted by atomic mass is 32.2. The molecule has 2 rings (SSSR count). The topological polar surface area (TPSA) is 78.1 Å². The molecule has 0 aliphatic carbocycles. The van der Waals surface area contributed by atoms with Gasteiger partial charge >= 0.3 is 5.97 Å². The van der Waals surface area contributed by atoms with E-state index in [4.69, 9.17) is 5.73 Å². The number of thioether (sulfide) groups is 1.